The Bertz CT molecular complexity index is 340. The molecular formula is C7H5BrFNO2. The van der Waals surface area contributed by atoms with E-state index in [0.717, 1.165) is 0 Å². The second kappa shape index (κ2) is 3.10. The van der Waals surface area contributed by atoms with Crippen LogP contribution in [0.3, 0.4) is 0 Å². The van der Waals surface area contributed by atoms with E-state index in [4.69, 9.17) is 10.8 Å². The Balaban J connectivity index is 3.43. The van der Waals surface area contributed by atoms with Crippen LogP contribution in [0.4, 0.5) is 4.39 Å². The molecular weight excluding hydrogens is 229 g/mol. The molecule has 1 rings (SSSR count). The third-order valence-corrected chi connectivity index (χ3v) is 1.93. The Kier molecular flexibility index (Phi) is 2.32. The van der Waals surface area contributed by atoms with Crippen LogP contribution in [0.15, 0.2) is 16.6 Å². The number of hydrogen-bond acceptors (Lipinski definition) is 2. The van der Waals surface area contributed by atoms with E-state index in [1.165, 1.54) is 12.1 Å². The summed E-state index contributed by atoms with van der Waals surface area (Å²) in [4.78, 5) is 10.6. The van der Waals surface area contributed by atoms with E-state index in [9.17, 15) is 9.18 Å². The summed E-state index contributed by atoms with van der Waals surface area (Å²) in [6.45, 7) is 0. The van der Waals surface area contributed by atoms with Gasteiger partial charge in [-0.15, -0.1) is 0 Å². The predicted octanol–water partition coefficient (Wildman–Crippen LogP) is 1.39. The second-order valence-electron chi connectivity index (χ2n) is 2.12. The van der Waals surface area contributed by atoms with Crippen molar-refractivity contribution >= 4 is 21.8 Å². The first-order chi connectivity index (χ1) is 5.54. The molecule has 0 atom stereocenters. The van der Waals surface area contributed by atoms with Crippen molar-refractivity contribution in [2.24, 2.45) is 5.73 Å². The highest BCUT2D eigenvalue weighted by molar-refractivity contribution is 9.10. The zero-order chi connectivity index (χ0) is 9.30. The van der Waals surface area contributed by atoms with Crippen molar-refractivity contribution in [1.82, 2.24) is 0 Å². The Labute approximate surface area is 76.1 Å². The molecule has 1 aromatic carbocycles. The highest BCUT2D eigenvalue weighted by atomic mass is 79.9. The van der Waals surface area contributed by atoms with Gasteiger partial charge < -0.3 is 10.8 Å². The number of rotatable bonds is 1. The Morgan fingerprint density at radius 1 is 1.58 bits per heavy atom. The highest BCUT2D eigenvalue weighted by Crippen LogP contribution is 2.25. The van der Waals surface area contributed by atoms with Crippen LogP contribution in [0.5, 0.6) is 5.75 Å². The van der Waals surface area contributed by atoms with Crippen LogP contribution in [0, 0.1) is 5.82 Å². The predicted molar refractivity (Wildman–Crippen MR) is 44.3 cm³/mol. The molecule has 0 unspecified atom stereocenters. The second-order valence-corrected chi connectivity index (χ2v) is 2.97. The lowest BCUT2D eigenvalue weighted by molar-refractivity contribution is 0.0993. The SMILES string of the molecule is NC(=O)c1c(O)ccc(Br)c1F. The molecule has 0 aliphatic carbocycles. The quantitative estimate of drug-likeness (QED) is 0.771. The summed E-state index contributed by atoms with van der Waals surface area (Å²) in [6, 6.07) is 2.48. The summed E-state index contributed by atoms with van der Waals surface area (Å²) in [7, 11) is 0. The molecule has 0 spiro atoms. The van der Waals surface area contributed by atoms with Gasteiger partial charge in [-0.05, 0) is 28.1 Å². The average Bonchev–Trinajstić information content (AvgIpc) is 1.97. The molecule has 1 aromatic rings. The van der Waals surface area contributed by atoms with E-state index < -0.39 is 23.0 Å². The minimum absolute atomic E-state index is 0.0918. The zero-order valence-electron chi connectivity index (χ0n) is 5.84. The summed E-state index contributed by atoms with van der Waals surface area (Å²) in [5, 5.41) is 9.02. The third-order valence-electron chi connectivity index (χ3n) is 1.32. The van der Waals surface area contributed by atoms with Crippen molar-refractivity contribution in [3.05, 3.63) is 28.0 Å². The van der Waals surface area contributed by atoms with Gasteiger partial charge in [0.25, 0.3) is 5.91 Å². The van der Waals surface area contributed by atoms with Gasteiger partial charge in [0.05, 0.1) is 4.47 Å². The molecule has 0 aliphatic rings. The highest BCUT2D eigenvalue weighted by Gasteiger charge is 2.15. The number of carbonyl (C=O) groups is 1. The maximum Gasteiger partial charge on any atom is 0.255 e. The molecule has 5 heteroatoms. The van der Waals surface area contributed by atoms with Gasteiger partial charge in [0, 0.05) is 0 Å². The minimum Gasteiger partial charge on any atom is -0.507 e. The van der Waals surface area contributed by atoms with Crippen LogP contribution >= 0.6 is 15.9 Å². The van der Waals surface area contributed by atoms with Crippen LogP contribution in [-0.4, -0.2) is 11.0 Å². The van der Waals surface area contributed by atoms with E-state index in [1.807, 2.05) is 0 Å². The molecule has 3 N–H and O–H groups in total. The van der Waals surface area contributed by atoms with Crippen molar-refractivity contribution in [1.29, 1.82) is 0 Å². The molecule has 0 aliphatic heterocycles. The summed E-state index contributed by atoms with van der Waals surface area (Å²) < 4.78 is 13.1. The van der Waals surface area contributed by atoms with E-state index in [0.29, 0.717) is 0 Å². The Hall–Kier alpha value is -1.10. The smallest absolute Gasteiger partial charge is 0.255 e. The minimum atomic E-state index is -0.994. The monoisotopic (exact) mass is 233 g/mol. The molecule has 12 heavy (non-hydrogen) atoms. The summed E-state index contributed by atoms with van der Waals surface area (Å²) in [5.41, 5.74) is 4.33. The number of halogens is 2. The van der Waals surface area contributed by atoms with Crippen LogP contribution in [-0.2, 0) is 0 Å². The number of hydrogen-bond donors (Lipinski definition) is 2. The van der Waals surface area contributed by atoms with Gasteiger partial charge >= 0.3 is 0 Å². The molecule has 0 heterocycles. The van der Waals surface area contributed by atoms with Crippen molar-refractivity contribution in [2.75, 3.05) is 0 Å². The molecule has 3 nitrogen and oxygen atoms in total. The van der Waals surface area contributed by atoms with Crippen molar-refractivity contribution in [3.63, 3.8) is 0 Å². The number of carbonyl (C=O) groups excluding carboxylic acids is 1. The molecule has 0 bridgehead atoms. The third kappa shape index (κ3) is 1.40. The van der Waals surface area contributed by atoms with Gasteiger partial charge in [0.15, 0.2) is 5.82 Å². The fraction of sp³-hybridized carbons (Fsp3) is 0. The fourth-order valence-electron chi connectivity index (χ4n) is 0.775. The van der Waals surface area contributed by atoms with E-state index >= 15 is 0 Å². The first-order valence-electron chi connectivity index (χ1n) is 3.01. The maximum atomic E-state index is 13.0. The summed E-state index contributed by atoms with van der Waals surface area (Å²) in [5.74, 6) is -2.29. The van der Waals surface area contributed by atoms with Crippen LogP contribution in [0.2, 0.25) is 0 Å². The summed E-state index contributed by atoms with van der Waals surface area (Å²) >= 11 is 2.85. The van der Waals surface area contributed by atoms with E-state index in [1.54, 1.807) is 0 Å². The van der Waals surface area contributed by atoms with Gasteiger partial charge in [-0.25, -0.2) is 4.39 Å². The maximum absolute atomic E-state index is 13.0. The standard InChI is InChI=1S/C7H5BrFNO2/c8-3-1-2-4(11)5(6(3)9)7(10)12/h1-2,11H,(H2,10,12). The zero-order valence-corrected chi connectivity index (χ0v) is 7.43. The Morgan fingerprint density at radius 2 is 2.17 bits per heavy atom. The number of phenols is 1. The van der Waals surface area contributed by atoms with Crippen molar-refractivity contribution < 1.29 is 14.3 Å². The summed E-state index contributed by atoms with van der Waals surface area (Å²) in [6.07, 6.45) is 0. The lowest BCUT2D eigenvalue weighted by atomic mass is 10.2. The topological polar surface area (TPSA) is 63.3 Å². The van der Waals surface area contributed by atoms with Gasteiger partial charge in [0.1, 0.15) is 11.3 Å². The van der Waals surface area contributed by atoms with Crippen LogP contribution in [0.25, 0.3) is 0 Å². The lowest BCUT2D eigenvalue weighted by Crippen LogP contribution is -2.13. The number of aromatic hydroxyl groups is 1. The number of amides is 1. The van der Waals surface area contributed by atoms with Gasteiger partial charge in [-0.1, -0.05) is 0 Å². The van der Waals surface area contributed by atoms with Gasteiger partial charge in [-0.3, -0.25) is 4.79 Å². The largest absolute Gasteiger partial charge is 0.507 e. The first kappa shape index (κ1) is 8.99. The van der Waals surface area contributed by atoms with Crippen molar-refractivity contribution in [3.8, 4) is 5.75 Å². The Morgan fingerprint density at radius 3 is 2.58 bits per heavy atom. The van der Waals surface area contributed by atoms with Gasteiger partial charge in [-0.2, -0.15) is 0 Å². The first-order valence-corrected chi connectivity index (χ1v) is 3.80. The molecule has 0 saturated carbocycles. The lowest BCUT2D eigenvalue weighted by Gasteiger charge is -2.02. The number of benzene rings is 1. The normalized spacial score (nSPS) is 9.83. The van der Waals surface area contributed by atoms with E-state index in [2.05, 4.69) is 15.9 Å². The molecule has 0 aromatic heterocycles. The molecule has 64 valence electrons. The number of primary amides is 1. The van der Waals surface area contributed by atoms with Crippen molar-refractivity contribution in [2.45, 2.75) is 0 Å². The molecule has 0 saturated heterocycles. The molecule has 1 amide bonds. The fourth-order valence-corrected chi connectivity index (χ4v) is 1.11. The number of nitrogens with two attached hydrogens (primary N) is 1. The average molecular weight is 234 g/mol. The van der Waals surface area contributed by atoms with Crippen LogP contribution < -0.4 is 5.73 Å². The molecule has 0 radical (unpaired) electrons. The van der Waals surface area contributed by atoms with Crippen LogP contribution in [0.1, 0.15) is 10.4 Å². The van der Waals surface area contributed by atoms with E-state index in [-0.39, 0.29) is 4.47 Å². The van der Waals surface area contributed by atoms with Gasteiger partial charge in [0.2, 0.25) is 0 Å². The molecule has 0 fully saturated rings.